The van der Waals surface area contributed by atoms with Crippen molar-refractivity contribution in [2.45, 2.75) is 44.8 Å². The number of methoxy groups -OCH3 is 1. The molecule has 1 aliphatic heterocycles. The van der Waals surface area contributed by atoms with Gasteiger partial charge in [-0.1, -0.05) is 30.7 Å². The summed E-state index contributed by atoms with van der Waals surface area (Å²) in [6.45, 7) is 6.66. The zero-order valence-electron chi connectivity index (χ0n) is 13.2. The Bertz CT molecular complexity index is 458. The third-order valence-corrected chi connectivity index (χ3v) is 4.81. The van der Waals surface area contributed by atoms with E-state index in [1.54, 1.807) is 0 Å². The fourth-order valence-electron chi connectivity index (χ4n) is 3.01. The lowest BCUT2D eigenvalue weighted by atomic mass is 9.81. The lowest BCUT2D eigenvalue weighted by molar-refractivity contribution is -0.111. The van der Waals surface area contributed by atoms with Crippen molar-refractivity contribution < 1.29 is 9.47 Å². The highest BCUT2D eigenvalue weighted by Gasteiger charge is 2.41. The molecule has 3 nitrogen and oxygen atoms in total. The Morgan fingerprint density at radius 1 is 1.38 bits per heavy atom. The van der Waals surface area contributed by atoms with Crippen LogP contribution < -0.4 is 5.32 Å². The number of aryl methyl sites for hydroxylation is 1. The molecule has 2 rings (SSSR count). The molecule has 118 valence electrons. The molecule has 1 heterocycles. The van der Waals surface area contributed by atoms with E-state index in [4.69, 9.17) is 21.1 Å². The van der Waals surface area contributed by atoms with Crippen LogP contribution in [-0.2, 0) is 9.47 Å². The van der Waals surface area contributed by atoms with E-state index in [1.165, 1.54) is 5.56 Å². The van der Waals surface area contributed by atoms with Crippen molar-refractivity contribution in [2.24, 2.45) is 0 Å². The number of rotatable bonds is 6. The molecule has 0 spiro atoms. The Labute approximate surface area is 133 Å². The minimum atomic E-state index is -0.216. The van der Waals surface area contributed by atoms with Gasteiger partial charge in [0.2, 0.25) is 0 Å². The second-order valence-corrected chi connectivity index (χ2v) is 6.18. The van der Waals surface area contributed by atoms with Gasteiger partial charge in [-0.3, -0.25) is 0 Å². The topological polar surface area (TPSA) is 30.5 Å². The molecule has 1 aromatic rings. The predicted octanol–water partition coefficient (Wildman–Crippen LogP) is 3.88. The Balaban J connectivity index is 2.33. The second-order valence-electron chi connectivity index (χ2n) is 5.78. The van der Waals surface area contributed by atoms with E-state index >= 15 is 0 Å². The molecule has 1 aromatic carbocycles. The smallest absolute Gasteiger partial charge is 0.0916 e. The lowest BCUT2D eigenvalue weighted by Crippen LogP contribution is -2.49. The fraction of sp³-hybridized carbons (Fsp3) is 0.647. The minimum absolute atomic E-state index is 0.143. The molecule has 0 radical (unpaired) electrons. The van der Waals surface area contributed by atoms with E-state index in [-0.39, 0.29) is 11.6 Å². The average molecular weight is 312 g/mol. The maximum Gasteiger partial charge on any atom is 0.0916 e. The summed E-state index contributed by atoms with van der Waals surface area (Å²) in [5.74, 6) is 0. The molecular weight excluding hydrogens is 286 g/mol. The van der Waals surface area contributed by atoms with Gasteiger partial charge in [0.1, 0.15) is 0 Å². The Morgan fingerprint density at radius 2 is 2.10 bits per heavy atom. The van der Waals surface area contributed by atoms with Gasteiger partial charge in [-0.15, -0.1) is 0 Å². The number of halogens is 1. The van der Waals surface area contributed by atoms with Gasteiger partial charge >= 0.3 is 0 Å². The lowest BCUT2D eigenvalue weighted by Gasteiger charge is -2.43. The highest BCUT2D eigenvalue weighted by Crippen LogP contribution is 2.38. The monoisotopic (exact) mass is 311 g/mol. The molecule has 4 heteroatoms. The van der Waals surface area contributed by atoms with Crippen LogP contribution in [-0.4, -0.2) is 32.5 Å². The molecule has 0 aromatic heterocycles. The van der Waals surface area contributed by atoms with Gasteiger partial charge < -0.3 is 14.8 Å². The van der Waals surface area contributed by atoms with Crippen LogP contribution in [0.15, 0.2) is 18.2 Å². The summed E-state index contributed by atoms with van der Waals surface area (Å²) >= 11 is 6.33. The molecule has 1 N–H and O–H groups in total. The molecule has 0 bridgehead atoms. The quantitative estimate of drug-likeness (QED) is 0.864. The number of hydrogen-bond donors (Lipinski definition) is 1. The summed E-state index contributed by atoms with van der Waals surface area (Å²) in [4.78, 5) is 0. The summed E-state index contributed by atoms with van der Waals surface area (Å²) in [5, 5.41) is 4.47. The zero-order valence-corrected chi connectivity index (χ0v) is 14.0. The Morgan fingerprint density at radius 3 is 2.67 bits per heavy atom. The van der Waals surface area contributed by atoms with E-state index in [2.05, 4.69) is 30.4 Å². The third kappa shape index (κ3) is 3.78. The van der Waals surface area contributed by atoms with Crippen molar-refractivity contribution >= 4 is 11.6 Å². The van der Waals surface area contributed by atoms with Crippen LogP contribution >= 0.6 is 11.6 Å². The minimum Gasteiger partial charge on any atom is -0.381 e. The number of benzene rings is 1. The first-order chi connectivity index (χ1) is 10.1. The predicted molar refractivity (Wildman–Crippen MR) is 87.0 cm³/mol. The van der Waals surface area contributed by atoms with Gasteiger partial charge in [-0.05, 0) is 37.1 Å². The summed E-state index contributed by atoms with van der Waals surface area (Å²) in [6.07, 6.45) is 2.89. The number of hydrogen-bond acceptors (Lipinski definition) is 3. The summed E-state index contributed by atoms with van der Waals surface area (Å²) in [5.41, 5.74) is 2.09. The second kappa shape index (κ2) is 7.59. The standard InChI is InChI=1S/C17H26ClNO2/c1-4-9-19-16(14-6-5-13(2)15(18)12-14)17(20-3)7-10-21-11-8-17/h5-6,12,16,19H,4,7-11H2,1-3H3. The van der Waals surface area contributed by atoms with Crippen molar-refractivity contribution in [3.05, 3.63) is 34.3 Å². The van der Waals surface area contributed by atoms with Crippen molar-refractivity contribution in [1.82, 2.24) is 5.32 Å². The van der Waals surface area contributed by atoms with Crippen molar-refractivity contribution in [3.8, 4) is 0 Å². The molecular formula is C17H26ClNO2. The molecule has 1 aliphatic rings. The molecule has 1 fully saturated rings. The largest absolute Gasteiger partial charge is 0.381 e. The third-order valence-electron chi connectivity index (χ3n) is 4.40. The normalized spacial score (nSPS) is 19.4. The maximum absolute atomic E-state index is 6.33. The molecule has 0 aliphatic carbocycles. The van der Waals surface area contributed by atoms with Gasteiger partial charge in [0, 0.05) is 38.2 Å². The van der Waals surface area contributed by atoms with E-state index < -0.39 is 0 Å². The average Bonchev–Trinajstić information content (AvgIpc) is 2.52. The van der Waals surface area contributed by atoms with Crippen LogP contribution in [0.25, 0.3) is 0 Å². The summed E-state index contributed by atoms with van der Waals surface area (Å²) in [6, 6.07) is 6.45. The van der Waals surface area contributed by atoms with Crippen LogP contribution in [0.2, 0.25) is 5.02 Å². The molecule has 0 amide bonds. The van der Waals surface area contributed by atoms with Gasteiger partial charge in [0.05, 0.1) is 11.6 Å². The van der Waals surface area contributed by atoms with Crippen molar-refractivity contribution in [3.63, 3.8) is 0 Å². The first-order valence-corrected chi connectivity index (χ1v) is 8.13. The molecule has 0 saturated carbocycles. The van der Waals surface area contributed by atoms with Crippen LogP contribution in [0, 0.1) is 6.92 Å². The van der Waals surface area contributed by atoms with E-state index in [0.717, 1.165) is 49.6 Å². The first-order valence-electron chi connectivity index (χ1n) is 7.75. The van der Waals surface area contributed by atoms with Crippen molar-refractivity contribution in [1.29, 1.82) is 0 Å². The molecule has 1 saturated heterocycles. The van der Waals surface area contributed by atoms with E-state index in [0.29, 0.717) is 0 Å². The summed E-state index contributed by atoms with van der Waals surface area (Å²) < 4.78 is 11.5. The van der Waals surface area contributed by atoms with E-state index in [9.17, 15) is 0 Å². The number of nitrogens with one attached hydrogen (secondary N) is 1. The molecule has 1 unspecified atom stereocenters. The van der Waals surface area contributed by atoms with Gasteiger partial charge in [-0.25, -0.2) is 0 Å². The Kier molecular flexibility index (Phi) is 6.06. The van der Waals surface area contributed by atoms with E-state index in [1.807, 2.05) is 14.0 Å². The first kappa shape index (κ1) is 16.8. The highest BCUT2D eigenvalue weighted by molar-refractivity contribution is 6.31. The maximum atomic E-state index is 6.33. The van der Waals surface area contributed by atoms with Crippen LogP contribution in [0.5, 0.6) is 0 Å². The fourth-order valence-corrected chi connectivity index (χ4v) is 3.20. The van der Waals surface area contributed by atoms with Crippen molar-refractivity contribution in [2.75, 3.05) is 26.9 Å². The van der Waals surface area contributed by atoms with Crippen LogP contribution in [0.4, 0.5) is 0 Å². The van der Waals surface area contributed by atoms with Gasteiger partial charge in [0.15, 0.2) is 0 Å². The van der Waals surface area contributed by atoms with Gasteiger partial charge in [0.25, 0.3) is 0 Å². The highest BCUT2D eigenvalue weighted by atomic mass is 35.5. The summed E-state index contributed by atoms with van der Waals surface area (Å²) in [7, 11) is 1.81. The SMILES string of the molecule is CCCNC(c1ccc(C)c(Cl)c1)C1(OC)CCOCC1. The Hall–Kier alpha value is -0.610. The van der Waals surface area contributed by atoms with Gasteiger partial charge in [-0.2, -0.15) is 0 Å². The van der Waals surface area contributed by atoms with Crippen LogP contribution in [0.3, 0.4) is 0 Å². The van der Waals surface area contributed by atoms with Crippen LogP contribution in [0.1, 0.15) is 43.4 Å². The molecule has 21 heavy (non-hydrogen) atoms. The number of ether oxygens (including phenoxy) is 2. The zero-order chi connectivity index (χ0) is 15.3. The molecule has 1 atom stereocenters.